The number of nitrogens with zero attached hydrogens (tertiary/aromatic N) is 2. The topological polar surface area (TPSA) is 84.2 Å². The zero-order valence-electron chi connectivity index (χ0n) is 21.4. The summed E-state index contributed by atoms with van der Waals surface area (Å²) in [7, 11) is 0. The smallest absolute Gasteiger partial charge is 0.319 e. The number of thioether (sulfide) groups is 1. The number of benzene rings is 2. The van der Waals surface area contributed by atoms with E-state index in [1.807, 2.05) is 63.2 Å². The zero-order chi connectivity index (χ0) is 25.8. The van der Waals surface area contributed by atoms with E-state index in [2.05, 4.69) is 16.8 Å². The van der Waals surface area contributed by atoms with E-state index < -0.39 is 10.7 Å². The van der Waals surface area contributed by atoms with Gasteiger partial charge in [-0.15, -0.1) is 11.8 Å². The molecule has 1 aromatic heterocycles. The lowest BCUT2D eigenvalue weighted by Gasteiger charge is -2.18. The molecule has 0 saturated carbocycles. The zero-order valence-corrected chi connectivity index (χ0v) is 22.3. The number of aromatic nitrogens is 2. The van der Waals surface area contributed by atoms with Crippen molar-refractivity contribution in [2.24, 2.45) is 0 Å². The van der Waals surface area contributed by atoms with Crippen LogP contribution in [0.4, 0.5) is 5.69 Å². The number of unbranched alkanes of at least 4 members (excludes halogenated alkanes) is 2. The summed E-state index contributed by atoms with van der Waals surface area (Å²) in [5.41, 5.74) is 5.10. The van der Waals surface area contributed by atoms with Crippen LogP contribution in [0.5, 0.6) is 0 Å². The number of carboxylic acid groups (broad SMARTS) is 1. The molecule has 0 saturated heterocycles. The Bertz CT molecular complexity index is 1210. The highest BCUT2D eigenvalue weighted by Gasteiger charge is 2.28. The quantitative estimate of drug-likeness (QED) is 0.238. The maximum atomic E-state index is 13.3. The lowest BCUT2D eigenvalue weighted by molar-refractivity contribution is -0.138. The van der Waals surface area contributed by atoms with Gasteiger partial charge >= 0.3 is 5.97 Å². The number of hydrogen-bond donors (Lipinski definition) is 2. The Morgan fingerprint density at radius 2 is 1.74 bits per heavy atom. The molecule has 0 aliphatic rings. The van der Waals surface area contributed by atoms with Gasteiger partial charge in [-0.05, 0) is 70.4 Å². The first kappa shape index (κ1) is 26.5. The SMILES string of the molecule is CCCCCn1c(-c2ccc(SC(C)(C)C(=O)O)cc2)nc(C(=O)Nc2cccc(C)c2C)c1C. The molecule has 186 valence electrons. The van der Waals surface area contributed by atoms with Gasteiger partial charge < -0.3 is 15.0 Å². The van der Waals surface area contributed by atoms with E-state index in [0.717, 1.165) is 64.6 Å². The molecule has 3 aromatic rings. The predicted molar refractivity (Wildman–Crippen MR) is 143 cm³/mol. The number of amides is 1. The fourth-order valence-corrected chi connectivity index (χ4v) is 4.79. The fraction of sp³-hybridized carbons (Fsp3) is 0.393. The van der Waals surface area contributed by atoms with Crippen molar-refractivity contribution in [3.05, 3.63) is 65.0 Å². The first-order valence-electron chi connectivity index (χ1n) is 12.0. The number of imidazole rings is 1. The fourth-order valence-electron chi connectivity index (χ4n) is 3.84. The van der Waals surface area contributed by atoms with E-state index in [1.54, 1.807) is 13.8 Å². The number of aryl methyl sites for hydroxylation is 1. The van der Waals surface area contributed by atoms with Gasteiger partial charge in [0.2, 0.25) is 0 Å². The molecule has 1 amide bonds. The number of carboxylic acids is 1. The van der Waals surface area contributed by atoms with Crippen LogP contribution in [0.3, 0.4) is 0 Å². The normalized spacial score (nSPS) is 11.5. The van der Waals surface area contributed by atoms with Crippen molar-refractivity contribution < 1.29 is 14.7 Å². The van der Waals surface area contributed by atoms with E-state index in [9.17, 15) is 14.7 Å². The average molecular weight is 494 g/mol. The number of nitrogens with one attached hydrogen (secondary N) is 1. The number of anilines is 1. The van der Waals surface area contributed by atoms with Gasteiger partial charge in [-0.1, -0.05) is 44.0 Å². The van der Waals surface area contributed by atoms with Gasteiger partial charge in [0.25, 0.3) is 5.91 Å². The number of carbonyl (C=O) groups is 2. The molecule has 0 radical (unpaired) electrons. The molecular weight excluding hydrogens is 458 g/mol. The van der Waals surface area contributed by atoms with Crippen LogP contribution in [-0.2, 0) is 11.3 Å². The number of rotatable bonds is 10. The average Bonchev–Trinajstić information content (AvgIpc) is 3.13. The van der Waals surface area contributed by atoms with E-state index in [4.69, 9.17) is 4.98 Å². The van der Waals surface area contributed by atoms with Gasteiger partial charge in [0.15, 0.2) is 0 Å². The first-order valence-corrected chi connectivity index (χ1v) is 12.8. The Hall–Kier alpha value is -3.06. The minimum absolute atomic E-state index is 0.220. The summed E-state index contributed by atoms with van der Waals surface area (Å²) in [4.78, 5) is 30.4. The van der Waals surface area contributed by atoms with Crippen molar-refractivity contribution in [1.29, 1.82) is 0 Å². The van der Waals surface area contributed by atoms with Crippen molar-refractivity contribution in [2.45, 2.75) is 77.0 Å². The Labute approximate surface area is 212 Å². The van der Waals surface area contributed by atoms with Crippen LogP contribution in [-0.4, -0.2) is 31.3 Å². The minimum Gasteiger partial charge on any atom is -0.480 e. The Morgan fingerprint density at radius 3 is 2.37 bits per heavy atom. The second-order valence-electron chi connectivity index (χ2n) is 9.37. The van der Waals surface area contributed by atoms with Crippen molar-refractivity contribution in [3.63, 3.8) is 0 Å². The van der Waals surface area contributed by atoms with E-state index in [1.165, 1.54) is 11.8 Å². The van der Waals surface area contributed by atoms with E-state index >= 15 is 0 Å². The summed E-state index contributed by atoms with van der Waals surface area (Å²) >= 11 is 1.31. The van der Waals surface area contributed by atoms with Crippen LogP contribution in [0, 0.1) is 20.8 Å². The molecule has 0 fully saturated rings. The van der Waals surface area contributed by atoms with Gasteiger partial charge in [0.05, 0.1) is 0 Å². The predicted octanol–water partition coefficient (Wildman–Crippen LogP) is 6.87. The molecule has 0 atom stereocenters. The van der Waals surface area contributed by atoms with Crippen LogP contribution in [0.1, 0.15) is 67.3 Å². The minimum atomic E-state index is -0.921. The highest BCUT2D eigenvalue weighted by molar-refractivity contribution is 8.01. The summed E-state index contributed by atoms with van der Waals surface area (Å²) in [6.45, 7) is 12.3. The van der Waals surface area contributed by atoms with Gasteiger partial charge in [0.1, 0.15) is 16.3 Å². The summed E-state index contributed by atoms with van der Waals surface area (Å²) in [5.74, 6) is -0.325. The number of aliphatic carboxylic acids is 1. The summed E-state index contributed by atoms with van der Waals surface area (Å²) < 4.78 is 1.20. The molecule has 7 heteroatoms. The Morgan fingerprint density at radius 1 is 1.06 bits per heavy atom. The van der Waals surface area contributed by atoms with Crippen molar-refractivity contribution in [1.82, 2.24) is 9.55 Å². The molecule has 0 unspecified atom stereocenters. The van der Waals surface area contributed by atoms with Gasteiger partial charge in [-0.25, -0.2) is 4.98 Å². The molecule has 2 aromatic carbocycles. The molecule has 0 aliphatic carbocycles. The molecule has 3 rings (SSSR count). The maximum absolute atomic E-state index is 13.3. The standard InChI is InChI=1S/C28H35N3O3S/c1-7-8-9-17-31-20(4)24(26(32)29-23-12-10-11-18(2)19(23)3)30-25(31)21-13-15-22(16-14-21)35-28(5,6)27(33)34/h10-16H,7-9,17H2,1-6H3,(H,29,32)(H,33,34). The third-order valence-electron chi connectivity index (χ3n) is 6.27. The molecule has 35 heavy (non-hydrogen) atoms. The largest absolute Gasteiger partial charge is 0.480 e. The van der Waals surface area contributed by atoms with Crippen molar-refractivity contribution in [3.8, 4) is 11.4 Å². The summed E-state index contributed by atoms with van der Waals surface area (Å²) in [5, 5.41) is 12.5. The molecule has 2 N–H and O–H groups in total. The van der Waals surface area contributed by atoms with Crippen LogP contribution in [0.25, 0.3) is 11.4 Å². The summed E-state index contributed by atoms with van der Waals surface area (Å²) in [6.07, 6.45) is 3.20. The van der Waals surface area contributed by atoms with E-state index in [-0.39, 0.29) is 5.91 Å². The van der Waals surface area contributed by atoms with Crippen LogP contribution in [0.15, 0.2) is 47.4 Å². The van der Waals surface area contributed by atoms with Crippen LogP contribution in [0.2, 0.25) is 0 Å². The van der Waals surface area contributed by atoms with Crippen molar-refractivity contribution in [2.75, 3.05) is 5.32 Å². The third-order valence-corrected chi connectivity index (χ3v) is 7.47. The highest BCUT2D eigenvalue weighted by Crippen LogP contribution is 2.34. The molecule has 0 aliphatic heterocycles. The van der Waals surface area contributed by atoms with E-state index in [0.29, 0.717) is 5.69 Å². The molecule has 0 spiro atoms. The Balaban J connectivity index is 1.94. The molecular formula is C28H35N3O3S. The van der Waals surface area contributed by atoms with Crippen LogP contribution < -0.4 is 5.32 Å². The number of carbonyl (C=O) groups excluding carboxylic acids is 1. The van der Waals surface area contributed by atoms with Gasteiger partial charge in [-0.3, -0.25) is 9.59 Å². The Kier molecular flexibility index (Phi) is 8.43. The second kappa shape index (κ2) is 11.1. The van der Waals surface area contributed by atoms with Crippen LogP contribution >= 0.6 is 11.8 Å². The lowest BCUT2D eigenvalue weighted by atomic mass is 10.1. The number of hydrogen-bond acceptors (Lipinski definition) is 4. The molecule has 1 heterocycles. The van der Waals surface area contributed by atoms with Gasteiger partial charge in [0, 0.05) is 28.4 Å². The lowest BCUT2D eigenvalue weighted by Crippen LogP contribution is -2.26. The first-order chi connectivity index (χ1) is 16.5. The second-order valence-corrected chi connectivity index (χ2v) is 11.1. The third kappa shape index (κ3) is 6.14. The van der Waals surface area contributed by atoms with Crippen molar-refractivity contribution >= 4 is 29.3 Å². The molecule has 0 bridgehead atoms. The van der Waals surface area contributed by atoms with Gasteiger partial charge in [-0.2, -0.15) is 0 Å². The highest BCUT2D eigenvalue weighted by atomic mass is 32.2. The maximum Gasteiger partial charge on any atom is 0.319 e. The summed E-state index contributed by atoms with van der Waals surface area (Å²) in [6, 6.07) is 13.6. The monoisotopic (exact) mass is 493 g/mol. The molecule has 6 nitrogen and oxygen atoms in total.